The summed E-state index contributed by atoms with van der Waals surface area (Å²) in [6.45, 7) is 8.17. The standard InChI is InChI=1S/C15H22BrFO/c1-10(2)8-15(18,9-11(3)4)12-6-5-7-13(16)14(12)17/h5-7,10-11,18H,8-9H2,1-4H3. The van der Waals surface area contributed by atoms with Crippen LogP contribution in [-0.4, -0.2) is 5.11 Å². The maximum Gasteiger partial charge on any atom is 0.143 e. The molecular formula is C15H22BrFO. The van der Waals surface area contributed by atoms with Crippen molar-refractivity contribution in [3.05, 3.63) is 34.1 Å². The van der Waals surface area contributed by atoms with Gasteiger partial charge in [0, 0.05) is 5.56 Å². The summed E-state index contributed by atoms with van der Waals surface area (Å²) in [5.74, 6) is 0.278. The van der Waals surface area contributed by atoms with Gasteiger partial charge in [0.25, 0.3) is 0 Å². The van der Waals surface area contributed by atoms with Crippen LogP contribution < -0.4 is 0 Å². The predicted octanol–water partition coefficient (Wildman–Crippen LogP) is 4.87. The molecule has 0 atom stereocenters. The van der Waals surface area contributed by atoms with Crippen LogP contribution >= 0.6 is 15.9 Å². The van der Waals surface area contributed by atoms with Crippen LogP contribution in [0.15, 0.2) is 22.7 Å². The average molecular weight is 317 g/mol. The second-order valence-electron chi connectivity index (χ2n) is 5.83. The van der Waals surface area contributed by atoms with Gasteiger partial charge in [-0.2, -0.15) is 0 Å². The molecule has 0 heterocycles. The van der Waals surface area contributed by atoms with Gasteiger partial charge < -0.3 is 5.11 Å². The van der Waals surface area contributed by atoms with Crippen molar-refractivity contribution in [3.63, 3.8) is 0 Å². The first kappa shape index (κ1) is 15.6. The Bertz CT molecular complexity index is 391. The van der Waals surface area contributed by atoms with Crippen LogP contribution in [0.1, 0.15) is 46.1 Å². The summed E-state index contributed by atoms with van der Waals surface area (Å²) in [5.41, 5.74) is -0.685. The molecule has 1 N–H and O–H groups in total. The molecule has 1 rings (SSSR count). The molecule has 0 aromatic heterocycles. The summed E-state index contributed by atoms with van der Waals surface area (Å²) < 4.78 is 14.6. The zero-order valence-corrected chi connectivity index (χ0v) is 13.1. The Labute approximate surface area is 118 Å². The first-order chi connectivity index (χ1) is 8.26. The van der Waals surface area contributed by atoms with E-state index >= 15 is 0 Å². The minimum Gasteiger partial charge on any atom is -0.385 e. The van der Waals surface area contributed by atoms with Gasteiger partial charge in [0.15, 0.2) is 0 Å². The molecule has 0 aliphatic carbocycles. The Hall–Kier alpha value is -0.410. The highest BCUT2D eigenvalue weighted by Crippen LogP contribution is 2.37. The highest BCUT2D eigenvalue weighted by molar-refractivity contribution is 9.10. The van der Waals surface area contributed by atoms with Gasteiger partial charge in [0.05, 0.1) is 10.1 Å². The normalized spacial score (nSPS) is 12.5. The number of hydrogen-bond acceptors (Lipinski definition) is 1. The van der Waals surface area contributed by atoms with Crippen molar-refractivity contribution in [2.24, 2.45) is 11.8 Å². The summed E-state index contributed by atoms with van der Waals surface area (Å²) in [5, 5.41) is 10.9. The lowest BCUT2D eigenvalue weighted by Gasteiger charge is -2.32. The van der Waals surface area contributed by atoms with Crippen molar-refractivity contribution in [1.82, 2.24) is 0 Å². The number of hydrogen-bond donors (Lipinski definition) is 1. The van der Waals surface area contributed by atoms with E-state index < -0.39 is 5.60 Å². The molecule has 1 aromatic rings. The van der Waals surface area contributed by atoms with E-state index in [2.05, 4.69) is 15.9 Å². The van der Waals surface area contributed by atoms with Crippen LogP contribution in [-0.2, 0) is 5.60 Å². The predicted molar refractivity (Wildman–Crippen MR) is 76.9 cm³/mol. The second kappa shape index (κ2) is 6.16. The molecule has 0 aliphatic heterocycles. The van der Waals surface area contributed by atoms with E-state index in [4.69, 9.17) is 0 Å². The first-order valence-corrected chi connectivity index (χ1v) is 7.22. The molecule has 0 amide bonds. The average Bonchev–Trinajstić information content (AvgIpc) is 2.19. The van der Waals surface area contributed by atoms with Gasteiger partial charge in [0.2, 0.25) is 0 Å². The highest BCUT2D eigenvalue weighted by atomic mass is 79.9. The van der Waals surface area contributed by atoms with Gasteiger partial charge >= 0.3 is 0 Å². The molecule has 18 heavy (non-hydrogen) atoms. The summed E-state index contributed by atoms with van der Waals surface area (Å²) in [4.78, 5) is 0. The van der Waals surface area contributed by atoms with E-state index in [0.717, 1.165) is 0 Å². The smallest absolute Gasteiger partial charge is 0.143 e. The molecule has 1 nitrogen and oxygen atoms in total. The molecule has 0 unspecified atom stereocenters. The number of halogens is 2. The Morgan fingerprint density at radius 3 is 2.11 bits per heavy atom. The largest absolute Gasteiger partial charge is 0.385 e. The van der Waals surface area contributed by atoms with Crippen LogP contribution in [0, 0.1) is 17.7 Å². The summed E-state index contributed by atoms with van der Waals surface area (Å²) in [6.07, 6.45) is 1.14. The Balaban J connectivity index is 3.20. The van der Waals surface area contributed by atoms with E-state index in [0.29, 0.717) is 34.7 Å². The zero-order valence-electron chi connectivity index (χ0n) is 11.5. The maximum absolute atomic E-state index is 14.2. The molecule has 102 valence electrons. The second-order valence-corrected chi connectivity index (χ2v) is 6.68. The molecule has 3 heteroatoms. The molecule has 0 bridgehead atoms. The van der Waals surface area contributed by atoms with Gasteiger partial charge in [-0.1, -0.05) is 39.8 Å². The van der Waals surface area contributed by atoms with E-state index in [-0.39, 0.29) is 5.82 Å². The van der Waals surface area contributed by atoms with Crippen molar-refractivity contribution in [2.75, 3.05) is 0 Å². The monoisotopic (exact) mass is 316 g/mol. The molecule has 0 fully saturated rings. The topological polar surface area (TPSA) is 20.2 Å². The Morgan fingerprint density at radius 2 is 1.67 bits per heavy atom. The molecule has 0 spiro atoms. The number of rotatable bonds is 5. The third-order valence-corrected chi connectivity index (χ3v) is 3.56. The minimum atomic E-state index is -1.09. The van der Waals surface area contributed by atoms with Crippen LogP contribution in [0.3, 0.4) is 0 Å². The third kappa shape index (κ3) is 3.79. The van der Waals surface area contributed by atoms with Gasteiger partial charge in [-0.3, -0.25) is 0 Å². The number of benzene rings is 1. The van der Waals surface area contributed by atoms with Crippen molar-refractivity contribution < 1.29 is 9.50 Å². The lowest BCUT2D eigenvalue weighted by atomic mass is 9.79. The van der Waals surface area contributed by atoms with Crippen molar-refractivity contribution >= 4 is 15.9 Å². The number of aliphatic hydroxyl groups is 1. The van der Waals surface area contributed by atoms with Gasteiger partial charge in [0.1, 0.15) is 5.82 Å². The molecule has 0 saturated carbocycles. The molecule has 0 saturated heterocycles. The molecular weight excluding hydrogens is 295 g/mol. The molecule has 0 aliphatic rings. The van der Waals surface area contributed by atoms with Crippen LogP contribution in [0.2, 0.25) is 0 Å². The Morgan fingerprint density at radius 1 is 1.17 bits per heavy atom. The van der Waals surface area contributed by atoms with E-state index in [1.165, 1.54) is 0 Å². The summed E-state index contributed by atoms with van der Waals surface area (Å²) >= 11 is 3.18. The molecule has 1 aromatic carbocycles. The van der Waals surface area contributed by atoms with Gasteiger partial charge in [-0.15, -0.1) is 0 Å². The van der Waals surface area contributed by atoms with E-state index in [1.54, 1.807) is 18.2 Å². The highest BCUT2D eigenvalue weighted by Gasteiger charge is 2.34. The molecule has 0 radical (unpaired) electrons. The fraction of sp³-hybridized carbons (Fsp3) is 0.600. The van der Waals surface area contributed by atoms with Crippen molar-refractivity contribution in [3.8, 4) is 0 Å². The van der Waals surface area contributed by atoms with Gasteiger partial charge in [-0.05, 0) is 46.7 Å². The maximum atomic E-state index is 14.2. The first-order valence-electron chi connectivity index (χ1n) is 6.43. The van der Waals surface area contributed by atoms with Gasteiger partial charge in [-0.25, -0.2) is 4.39 Å². The van der Waals surface area contributed by atoms with E-state index in [1.807, 2.05) is 27.7 Å². The van der Waals surface area contributed by atoms with Crippen molar-refractivity contribution in [1.29, 1.82) is 0 Å². The van der Waals surface area contributed by atoms with Crippen LogP contribution in [0.25, 0.3) is 0 Å². The summed E-state index contributed by atoms with van der Waals surface area (Å²) in [6, 6.07) is 5.11. The third-order valence-electron chi connectivity index (χ3n) is 2.94. The lowest BCUT2D eigenvalue weighted by Crippen LogP contribution is -2.30. The zero-order chi connectivity index (χ0) is 13.9. The van der Waals surface area contributed by atoms with Crippen molar-refractivity contribution in [2.45, 2.75) is 46.1 Å². The van der Waals surface area contributed by atoms with E-state index in [9.17, 15) is 9.50 Å². The van der Waals surface area contributed by atoms with Crippen LogP contribution in [0.4, 0.5) is 4.39 Å². The SMILES string of the molecule is CC(C)CC(O)(CC(C)C)c1cccc(Br)c1F. The Kier molecular flexibility index (Phi) is 5.35. The fourth-order valence-electron chi connectivity index (χ4n) is 2.52. The quantitative estimate of drug-likeness (QED) is 0.821. The minimum absolute atomic E-state index is 0.312. The fourth-order valence-corrected chi connectivity index (χ4v) is 2.88. The summed E-state index contributed by atoms with van der Waals surface area (Å²) in [7, 11) is 0. The van der Waals surface area contributed by atoms with Crippen LogP contribution in [0.5, 0.6) is 0 Å². The lowest BCUT2D eigenvalue weighted by molar-refractivity contribution is -0.00764.